The molecule has 0 N–H and O–H groups in total. The van der Waals surface area contributed by atoms with Crippen LogP contribution in [0.15, 0.2) is 0 Å². The van der Waals surface area contributed by atoms with Crippen molar-refractivity contribution < 1.29 is 17.4 Å². The molecule has 1 fully saturated rings. The Hall–Kier alpha value is -0.420. The number of hydrogen-bond donors (Lipinski definition) is 0. The van der Waals surface area contributed by atoms with Crippen LogP contribution in [0.5, 0.6) is 0 Å². The topological polar surface area (TPSA) is 60.4 Å². The van der Waals surface area contributed by atoms with Gasteiger partial charge in [0.15, 0.2) is 0 Å². The smallest absolute Gasteiger partial charge is 0.270 e. The highest BCUT2D eigenvalue weighted by Crippen LogP contribution is 2.36. The minimum atomic E-state index is -3.51. The molecular formula is C9H16O4S. The van der Waals surface area contributed by atoms with Crippen LogP contribution in [0.3, 0.4) is 0 Å². The third kappa shape index (κ3) is 3.06. The first kappa shape index (κ1) is 11.7. The van der Waals surface area contributed by atoms with Gasteiger partial charge >= 0.3 is 0 Å². The fourth-order valence-electron chi connectivity index (χ4n) is 1.01. The van der Waals surface area contributed by atoms with Crippen LogP contribution in [-0.2, 0) is 19.1 Å². The van der Waals surface area contributed by atoms with Gasteiger partial charge in [-0.1, -0.05) is 20.8 Å². The SMILES string of the molecule is CC(C)(C)COS(=O)(=O)[C@H]1C[C@H]1C=O. The number of carbonyl (C=O) groups is 1. The Morgan fingerprint density at radius 2 is 2.00 bits per heavy atom. The van der Waals surface area contributed by atoms with Gasteiger partial charge in [0.1, 0.15) is 6.29 Å². The van der Waals surface area contributed by atoms with Crippen molar-refractivity contribution in [2.45, 2.75) is 32.4 Å². The highest BCUT2D eigenvalue weighted by Gasteiger charge is 2.48. The van der Waals surface area contributed by atoms with Gasteiger partial charge in [0, 0.05) is 5.92 Å². The van der Waals surface area contributed by atoms with E-state index in [0.717, 1.165) is 0 Å². The summed E-state index contributed by atoms with van der Waals surface area (Å²) in [4.78, 5) is 10.3. The van der Waals surface area contributed by atoms with Crippen LogP contribution >= 0.6 is 0 Å². The van der Waals surface area contributed by atoms with Crippen LogP contribution in [-0.4, -0.2) is 26.6 Å². The van der Waals surface area contributed by atoms with E-state index in [4.69, 9.17) is 4.18 Å². The molecule has 5 heteroatoms. The van der Waals surface area contributed by atoms with Crippen LogP contribution < -0.4 is 0 Å². The van der Waals surface area contributed by atoms with Gasteiger partial charge in [0.05, 0.1) is 11.9 Å². The molecule has 1 aliphatic rings. The van der Waals surface area contributed by atoms with Gasteiger partial charge < -0.3 is 4.79 Å². The van der Waals surface area contributed by atoms with Crippen LogP contribution in [0.4, 0.5) is 0 Å². The number of aldehydes is 1. The second kappa shape index (κ2) is 3.62. The summed E-state index contributed by atoms with van der Waals surface area (Å²) in [5.41, 5.74) is -0.182. The maximum absolute atomic E-state index is 11.4. The van der Waals surface area contributed by atoms with Crippen molar-refractivity contribution in [3.8, 4) is 0 Å². The lowest BCUT2D eigenvalue weighted by molar-refractivity contribution is -0.108. The third-order valence-corrected chi connectivity index (χ3v) is 3.71. The molecule has 0 aromatic carbocycles. The van der Waals surface area contributed by atoms with E-state index in [1.807, 2.05) is 20.8 Å². The van der Waals surface area contributed by atoms with Crippen molar-refractivity contribution in [1.29, 1.82) is 0 Å². The summed E-state index contributed by atoms with van der Waals surface area (Å²) in [7, 11) is -3.51. The molecular weight excluding hydrogens is 204 g/mol. The van der Waals surface area contributed by atoms with Crippen molar-refractivity contribution in [1.82, 2.24) is 0 Å². The minimum absolute atomic E-state index is 0.164. The molecule has 1 aliphatic carbocycles. The summed E-state index contributed by atoms with van der Waals surface area (Å²) in [6.45, 7) is 5.85. The fraction of sp³-hybridized carbons (Fsp3) is 0.889. The zero-order chi connectivity index (χ0) is 11.0. The largest absolute Gasteiger partial charge is 0.303 e. The summed E-state index contributed by atoms with van der Waals surface area (Å²) in [5, 5.41) is -0.595. The number of rotatable bonds is 4. The molecule has 14 heavy (non-hydrogen) atoms. The molecule has 2 atom stereocenters. The standard InChI is InChI=1S/C9H16O4S/c1-9(2,3)6-13-14(11,12)8-4-7(8)5-10/h5,7-8H,4,6H2,1-3H3/t7-,8-/m0/s1. The molecule has 0 saturated heterocycles. The predicted molar refractivity (Wildman–Crippen MR) is 52.3 cm³/mol. The quantitative estimate of drug-likeness (QED) is 0.523. The maximum Gasteiger partial charge on any atom is 0.270 e. The molecule has 4 nitrogen and oxygen atoms in total. The fourth-order valence-corrected chi connectivity index (χ4v) is 2.65. The van der Waals surface area contributed by atoms with Crippen molar-refractivity contribution in [3.63, 3.8) is 0 Å². The molecule has 1 saturated carbocycles. The van der Waals surface area contributed by atoms with E-state index in [9.17, 15) is 13.2 Å². The van der Waals surface area contributed by atoms with Crippen LogP contribution in [0, 0.1) is 11.3 Å². The van der Waals surface area contributed by atoms with E-state index in [0.29, 0.717) is 12.7 Å². The molecule has 0 heterocycles. The average molecular weight is 220 g/mol. The Balaban J connectivity index is 2.49. The van der Waals surface area contributed by atoms with E-state index < -0.39 is 15.4 Å². The van der Waals surface area contributed by atoms with Gasteiger partial charge in [-0.25, -0.2) is 0 Å². The van der Waals surface area contributed by atoms with Crippen molar-refractivity contribution in [2.24, 2.45) is 11.3 Å². The number of carbonyl (C=O) groups excluding carboxylic acids is 1. The molecule has 0 aromatic heterocycles. The van der Waals surface area contributed by atoms with E-state index in [1.54, 1.807) is 0 Å². The lowest BCUT2D eigenvalue weighted by atomic mass is 9.99. The van der Waals surface area contributed by atoms with Gasteiger partial charge in [-0.3, -0.25) is 4.18 Å². The Morgan fingerprint density at radius 3 is 2.36 bits per heavy atom. The third-order valence-electron chi connectivity index (χ3n) is 1.98. The number of hydrogen-bond acceptors (Lipinski definition) is 4. The summed E-state index contributed by atoms with van der Waals surface area (Å²) in [6, 6.07) is 0. The molecule has 0 amide bonds. The van der Waals surface area contributed by atoms with Crippen molar-refractivity contribution in [2.75, 3.05) is 6.61 Å². The molecule has 0 aliphatic heterocycles. The lowest BCUT2D eigenvalue weighted by Gasteiger charge is -2.17. The van der Waals surface area contributed by atoms with Crippen LogP contribution in [0.2, 0.25) is 0 Å². The summed E-state index contributed by atoms with van der Waals surface area (Å²) >= 11 is 0. The highest BCUT2D eigenvalue weighted by molar-refractivity contribution is 7.87. The predicted octanol–water partition coefficient (Wildman–Crippen LogP) is 0.966. The van der Waals surface area contributed by atoms with E-state index in [2.05, 4.69) is 0 Å². The summed E-state index contributed by atoms with van der Waals surface area (Å²) < 4.78 is 27.7. The zero-order valence-electron chi connectivity index (χ0n) is 8.69. The van der Waals surface area contributed by atoms with Crippen molar-refractivity contribution >= 4 is 16.4 Å². The second-order valence-electron chi connectivity index (χ2n) is 4.89. The van der Waals surface area contributed by atoms with Crippen molar-refractivity contribution in [3.05, 3.63) is 0 Å². The van der Waals surface area contributed by atoms with Crippen LogP contribution in [0.25, 0.3) is 0 Å². The molecule has 1 rings (SSSR count). The minimum Gasteiger partial charge on any atom is -0.303 e. The Labute approximate surface area is 84.8 Å². The lowest BCUT2D eigenvalue weighted by Crippen LogP contribution is -2.21. The summed E-state index contributed by atoms with van der Waals surface area (Å²) in [5.74, 6) is -0.347. The van der Waals surface area contributed by atoms with Gasteiger partial charge in [-0.05, 0) is 11.8 Å². The van der Waals surface area contributed by atoms with Gasteiger partial charge in [-0.2, -0.15) is 8.42 Å². The Morgan fingerprint density at radius 1 is 1.43 bits per heavy atom. The molecule has 82 valence electrons. The zero-order valence-corrected chi connectivity index (χ0v) is 9.50. The summed E-state index contributed by atoms with van der Waals surface area (Å²) in [6.07, 6.45) is 1.10. The molecule has 0 radical (unpaired) electrons. The first-order chi connectivity index (χ1) is 6.26. The van der Waals surface area contributed by atoms with E-state index in [1.165, 1.54) is 0 Å². The van der Waals surface area contributed by atoms with Gasteiger partial charge in [-0.15, -0.1) is 0 Å². The Kier molecular flexibility index (Phi) is 3.02. The first-order valence-electron chi connectivity index (χ1n) is 4.60. The molecule has 0 spiro atoms. The second-order valence-corrected chi connectivity index (χ2v) is 6.72. The molecule has 0 unspecified atom stereocenters. The van der Waals surface area contributed by atoms with Crippen LogP contribution in [0.1, 0.15) is 27.2 Å². The van der Waals surface area contributed by atoms with Gasteiger partial charge in [0.25, 0.3) is 10.1 Å². The molecule has 0 aromatic rings. The monoisotopic (exact) mass is 220 g/mol. The highest BCUT2D eigenvalue weighted by atomic mass is 32.2. The van der Waals surface area contributed by atoms with E-state index in [-0.39, 0.29) is 17.9 Å². The first-order valence-corrected chi connectivity index (χ1v) is 6.07. The average Bonchev–Trinajstić information content (AvgIpc) is 2.78. The molecule has 0 bridgehead atoms. The van der Waals surface area contributed by atoms with E-state index >= 15 is 0 Å². The normalized spacial score (nSPS) is 27.4. The Bertz CT molecular complexity index is 312. The van der Waals surface area contributed by atoms with Gasteiger partial charge in [0.2, 0.25) is 0 Å². The maximum atomic E-state index is 11.4.